The number of carbonyl (C=O) groups is 1. The molecule has 0 radical (unpaired) electrons. The minimum Gasteiger partial charge on any atom is -0.394 e. The minimum absolute atomic E-state index is 0.0278. The van der Waals surface area contributed by atoms with Crippen LogP contribution in [0.1, 0.15) is 33.6 Å². The van der Waals surface area contributed by atoms with E-state index in [1.54, 1.807) is 6.08 Å². The molecule has 4 nitrogen and oxygen atoms in total. The number of aliphatic hydroxyl groups is 2. The monoisotopic (exact) mass is 258 g/mol. The van der Waals surface area contributed by atoms with E-state index in [4.69, 9.17) is 10.2 Å². The molecule has 4 heteroatoms. The highest BCUT2D eigenvalue weighted by Crippen LogP contribution is 2.05. The molecule has 0 aliphatic heterocycles. The Bertz CT molecular complexity index is 236. The Morgan fingerprint density at radius 3 is 2.06 bits per heavy atom. The summed E-state index contributed by atoms with van der Waals surface area (Å²) >= 11 is 0. The van der Waals surface area contributed by atoms with Crippen LogP contribution in [0.4, 0.5) is 0 Å². The summed E-state index contributed by atoms with van der Waals surface area (Å²) in [5.41, 5.74) is 2.49. The van der Waals surface area contributed by atoms with E-state index in [-0.39, 0.29) is 13.2 Å². The number of aldehydes is 1. The Morgan fingerprint density at radius 1 is 1.11 bits per heavy atom. The fraction of sp³-hybridized carbons (Fsp3) is 0.643. The zero-order valence-corrected chi connectivity index (χ0v) is 11.7. The van der Waals surface area contributed by atoms with Crippen LogP contribution in [0, 0.1) is 0 Å². The second-order valence-corrected chi connectivity index (χ2v) is 4.03. The summed E-state index contributed by atoms with van der Waals surface area (Å²) in [7, 11) is 0. The van der Waals surface area contributed by atoms with E-state index in [2.05, 4.69) is 24.7 Å². The molecule has 0 fully saturated rings. The summed E-state index contributed by atoms with van der Waals surface area (Å²) < 4.78 is 4.63. The van der Waals surface area contributed by atoms with Gasteiger partial charge in [0.05, 0.1) is 26.4 Å². The molecule has 0 heterocycles. The Kier molecular flexibility index (Phi) is 17.3. The van der Waals surface area contributed by atoms with Gasteiger partial charge in [-0.15, -0.1) is 0 Å². The molecular weight excluding hydrogens is 232 g/mol. The van der Waals surface area contributed by atoms with Crippen molar-refractivity contribution in [1.82, 2.24) is 0 Å². The first-order valence-electron chi connectivity index (χ1n) is 6.12. The summed E-state index contributed by atoms with van der Waals surface area (Å²) in [5, 5.41) is 16.2. The Morgan fingerprint density at radius 2 is 1.67 bits per heavy atom. The molecule has 2 N–H and O–H groups in total. The quantitative estimate of drug-likeness (QED) is 0.302. The van der Waals surface area contributed by atoms with E-state index in [9.17, 15) is 4.79 Å². The number of carbonyl (C=O) groups excluding carboxylic acids is 1. The van der Waals surface area contributed by atoms with Crippen LogP contribution in [0.25, 0.3) is 0 Å². The van der Waals surface area contributed by atoms with Gasteiger partial charge in [0, 0.05) is 0 Å². The third-order valence-corrected chi connectivity index (χ3v) is 1.92. The lowest BCUT2D eigenvalue weighted by molar-refractivity contribution is -0.104. The van der Waals surface area contributed by atoms with Gasteiger partial charge in [-0.3, -0.25) is 4.79 Å². The van der Waals surface area contributed by atoms with E-state index in [0.29, 0.717) is 13.2 Å². The highest BCUT2D eigenvalue weighted by Gasteiger charge is 1.86. The smallest absolute Gasteiger partial charge is 0.142 e. The average molecular weight is 258 g/mol. The summed E-state index contributed by atoms with van der Waals surface area (Å²) in [6, 6.07) is 0. The lowest BCUT2D eigenvalue weighted by Crippen LogP contribution is -2.03. The van der Waals surface area contributed by atoms with Crippen LogP contribution in [0.2, 0.25) is 0 Å². The predicted octanol–water partition coefficient (Wildman–Crippen LogP) is 1.87. The number of allylic oxidation sites excluding steroid dienone is 4. The molecule has 0 bridgehead atoms. The van der Waals surface area contributed by atoms with Crippen molar-refractivity contribution in [2.24, 2.45) is 0 Å². The zero-order chi connectivity index (χ0) is 14.2. The molecule has 106 valence electrons. The van der Waals surface area contributed by atoms with Crippen LogP contribution < -0.4 is 0 Å². The Labute approximate surface area is 110 Å². The van der Waals surface area contributed by atoms with Crippen molar-refractivity contribution in [2.75, 3.05) is 26.4 Å². The van der Waals surface area contributed by atoms with Crippen LogP contribution in [0.5, 0.6) is 0 Å². The first-order chi connectivity index (χ1) is 8.58. The van der Waals surface area contributed by atoms with Gasteiger partial charge in [0.1, 0.15) is 6.29 Å². The van der Waals surface area contributed by atoms with E-state index in [1.165, 1.54) is 5.57 Å². The fourth-order valence-corrected chi connectivity index (χ4v) is 1.02. The van der Waals surface area contributed by atoms with E-state index < -0.39 is 0 Å². The van der Waals surface area contributed by atoms with Gasteiger partial charge in [-0.25, -0.2) is 0 Å². The Balaban J connectivity index is 0. The molecule has 0 spiro atoms. The van der Waals surface area contributed by atoms with E-state index >= 15 is 0 Å². The molecule has 0 unspecified atom stereocenters. The van der Waals surface area contributed by atoms with Crippen LogP contribution in [-0.2, 0) is 9.53 Å². The van der Waals surface area contributed by atoms with Crippen LogP contribution in [0.15, 0.2) is 23.3 Å². The number of hydrogen-bond donors (Lipinski definition) is 2. The highest BCUT2D eigenvalue weighted by atomic mass is 16.5. The average Bonchev–Trinajstić information content (AvgIpc) is 2.30. The summed E-state index contributed by atoms with van der Waals surface area (Å²) in [6.07, 6.45) is 6.68. The van der Waals surface area contributed by atoms with Crippen molar-refractivity contribution in [3.8, 4) is 0 Å². The van der Waals surface area contributed by atoms with Gasteiger partial charge in [0.15, 0.2) is 0 Å². The molecule has 0 aromatic rings. The molecule has 0 rings (SSSR count). The minimum atomic E-state index is 0.0278. The number of hydrogen-bond acceptors (Lipinski definition) is 4. The summed E-state index contributed by atoms with van der Waals surface area (Å²) in [5.74, 6) is 0. The molecule has 0 aliphatic rings. The van der Waals surface area contributed by atoms with Crippen LogP contribution in [0.3, 0.4) is 0 Å². The molecular formula is C14H26O4. The predicted molar refractivity (Wildman–Crippen MR) is 73.5 cm³/mol. The molecule has 18 heavy (non-hydrogen) atoms. The maximum atomic E-state index is 10.0. The molecule has 0 atom stereocenters. The van der Waals surface area contributed by atoms with Crippen molar-refractivity contribution < 1.29 is 19.7 Å². The highest BCUT2D eigenvalue weighted by molar-refractivity contribution is 5.65. The topological polar surface area (TPSA) is 66.8 Å². The van der Waals surface area contributed by atoms with Gasteiger partial charge in [-0.05, 0) is 39.7 Å². The standard InChI is InChI=1S/C10H16O.C4H10O3/c1-9(2)5-4-6-10(3)7-8-11;5-1-3-7-4-2-6/h5,7-8H,4,6H2,1-3H3;5-6H,1-4H2/b10-7+;. The van der Waals surface area contributed by atoms with Gasteiger partial charge in [0.25, 0.3) is 0 Å². The summed E-state index contributed by atoms with van der Waals surface area (Å²) in [6.45, 7) is 6.84. The normalized spacial score (nSPS) is 10.4. The van der Waals surface area contributed by atoms with Crippen molar-refractivity contribution in [3.63, 3.8) is 0 Å². The summed E-state index contributed by atoms with van der Waals surface area (Å²) in [4.78, 5) is 10.0. The van der Waals surface area contributed by atoms with Gasteiger partial charge in [-0.2, -0.15) is 0 Å². The molecule has 0 aliphatic carbocycles. The van der Waals surface area contributed by atoms with E-state index in [0.717, 1.165) is 24.7 Å². The van der Waals surface area contributed by atoms with Crippen molar-refractivity contribution >= 4 is 6.29 Å². The molecule has 0 amide bonds. The number of ether oxygens (including phenoxy) is 1. The molecule has 0 saturated carbocycles. The van der Waals surface area contributed by atoms with Gasteiger partial charge >= 0.3 is 0 Å². The maximum Gasteiger partial charge on any atom is 0.142 e. The Hall–Kier alpha value is -0.970. The van der Waals surface area contributed by atoms with Gasteiger partial charge < -0.3 is 14.9 Å². The lowest BCUT2D eigenvalue weighted by atomic mass is 10.1. The number of aliphatic hydroxyl groups excluding tert-OH is 2. The van der Waals surface area contributed by atoms with Crippen molar-refractivity contribution in [1.29, 1.82) is 0 Å². The van der Waals surface area contributed by atoms with Gasteiger partial charge in [0.2, 0.25) is 0 Å². The van der Waals surface area contributed by atoms with E-state index in [1.807, 2.05) is 6.92 Å². The largest absolute Gasteiger partial charge is 0.394 e. The van der Waals surface area contributed by atoms with Crippen molar-refractivity contribution in [3.05, 3.63) is 23.3 Å². The molecule has 0 aromatic carbocycles. The first-order valence-corrected chi connectivity index (χ1v) is 6.12. The third kappa shape index (κ3) is 20.4. The zero-order valence-electron chi connectivity index (χ0n) is 11.7. The van der Waals surface area contributed by atoms with Crippen molar-refractivity contribution in [2.45, 2.75) is 33.6 Å². The van der Waals surface area contributed by atoms with Crippen LogP contribution in [-0.4, -0.2) is 42.9 Å². The molecule has 0 aromatic heterocycles. The second kappa shape index (κ2) is 16.0. The number of rotatable bonds is 8. The molecule has 0 saturated heterocycles. The second-order valence-electron chi connectivity index (χ2n) is 4.03. The van der Waals surface area contributed by atoms with Crippen LogP contribution >= 0.6 is 0 Å². The third-order valence-electron chi connectivity index (χ3n) is 1.92. The SMILES string of the molecule is CC(C)=CCC/C(C)=C/C=O.OCCOCCO. The van der Waals surface area contributed by atoms with Gasteiger partial charge in [-0.1, -0.05) is 17.2 Å². The first kappa shape index (κ1) is 19.4. The maximum absolute atomic E-state index is 10.0. The fourth-order valence-electron chi connectivity index (χ4n) is 1.02. The lowest BCUT2D eigenvalue weighted by Gasteiger charge is -1.94.